The Balaban J connectivity index is 1.56. The van der Waals surface area contributed by atoms with E-state index in [2.05, 4.69) is 26.0 Å². The summed E-state index contributed by atoms with van der Waals surface area (Å²) in [5.74, 6) is 0.249. The lowest BCUT2D eigenvalue weighted by Crippen LogP contribution is -2.30. The minimum atomic E-state index is -0.434. The van der Waals surface area contributed by atoms with Crippen molar-refractivity contribution in [2.45, 2.75) is 103 Å². The lowest BCUT2D eigenvalue weighted by molar-refractivity contribution is -0.144. The van der Waals surface area contributed by atoms with E-state index in [1.165, 1.54) is 24.0 Å². The number of aldehydes is 1. The summed E-state index contributed by atoms with van der Waals surface area (Å²) < 4.78 is 17.7. The van der Waals surface area contributed by atoms with Gasteiger partial charge in [0, 0.05) is 19.4 Å². The molecule has 2 heterocycles. The van der Waals surface area contributed by atoms with Crippen molar-refractivity contribution in [1.29, 1.82) is 0 Å². The highest BCUT2D eigenvalue weighted by molar-refractivity contribution is 5.49. The molecule has 0 amide bonds. The molecule has 0 aliphatic carbocycles. The first-order chi connectivity index (χ1) is 13.4. The van der Waals surface area contributed by atoms with Crippen LogP contribution in [-0.2, 0) is 19.0 Å². The lowest BCUT2D eigenvalue weighted by Gasteiger charge is -2.30. The molecule has 0 saturated carbocycles. The van der Waals surface area contributed by atoms with Crippen molar-refractivity contribution in [2.24, 2.45) is 5.92 Å². The summed E-state index contributed by atoms with van der Waals surface area (Å²) in [5, 5.41) is 0. The van der Waals surface area contributed by atoms with E-state index in [0.717, 1.165) is 51.4 Å². The first kappa shape index (κ1) is 23.3. The molecule has 2 fully saturated rings. The molecule has 0 aromatic carbocycles. The SMILES string of the molecule is C/C(=C\CC/C(C)=C/CC[C@H]1CC[C@H](CC2COC(C)(C)O2)OC1)CCC=O. The van der Waals surface area contributed by atoms with Crippen LogP contribution in [0.4, 0.5) is 0 Å². The first-order valence-electron chi connectivity index (χ1n) is 11.1. The Morgan fingerprint density at radius 3 is 2.29 bits per heavy atom. The van der Waals surface area contributed by atoms with E-state index in [9.17, 15) is 4.79 Å². The van der Waals surface area contributed by atoms with Gasteiger partial charge in [-0.2, -0.15) is 0 Å². The summed E-state index contributed by atoms with van der Waals surface area (Å²) in [7, 11) is 0. The fourth-order valence-electron chi connectivity index (χ4n) is 4.05. The second-order valence-electron chi connectivity index (χ2n) is 9.01. The zero-order valence-corrected chi connectivity index (χ0v) is 18.4. The van der Waals surface area contributed by atoms with Crippen LogP contribution >= 0.6 is 0 Å². The highest BCUT2D eigenvalue weighted by Crippen LogP contribution is 2.30. The quantitative estimate of drug-likeness (QED) is 0.331. The van der Waals surface area contributed by atoms with Gasteiger partial charge < -0.3 is 19.0 Å². The molecule has 2 aliphatic rings. The zero-order chi connectivity index (χ0) is 20.4. The molecule has 0 spiro atoms. The summed E-state index contributed by atoms with van der Waals surface area (Å²) in [5.41, 5.74) is 2.79. The van der Waals surface area contributed by atoms with Crippen LogP contribution in [0.2, 0.25) is 0 Å². The van der Waals surface area contributed by atoms with E-state index in [4.69, 9.17) is 14.2 Å². The Morgan fingerprint density at radius 2 is 1.68 bits per heavy atom. The Labute approximate surface area is 171 Å². The van der Waals surface area contributed by atoms with Crippen LogP contribution < -0.4 is 0 Å². The highest BCUT2D eigenvalue weighted by atomic mass is 16.7. The van der Waals surface area contributed by atoms with Gasteiger partial charge in [0.05, 0.1) is 18.8 Å². The third kappa shape index (κ3) is 9.02. The molecule has 2 aliphatic heterocycles. The number of carbonyl (C=O) groups excluding carboxylic acids is 1. The maximum absolute atomic E-state index is 10.4. The molecule has 2 rings (SSSR count). The average molecular weight is 393 g/mol. The van der Waals surface area contributed by atoms with E-state index in [1.54, 1.807) is 0 Å². The van der Waals surface area contributed by atoms with Crippen molar-refractivity contribution in [1.82, 2.24) is 0 Å². The maximum Gasteiger partial charge on any atom is 0.163 e. The van der Waals surface area contributed by atoms with E-state index in [1.807, 2.05) is 13.8 Å². The third-order valence-electron chi connectivity index (χ3n) is 5.81. The Bertz CT molecular complexity index is 527. The van der Waals surface area contributed by atoms with Crippen LogP contribution in [0.3, 0.4) is 0 Å². The van der Waals surface area contributed by atoms with Gasteiger partial charge in [-0.05, 0) is 78.6 Å². The Hall–Kier alpha value is -0.970. The second kappa shape index (κ2) is 11.9. The summed E-state index contributed by atoms with van der Waals surface area (Å²) in [4.78, 5) is 10.4. The summed E-state index contributed by atoms with van der Waals surface area (Å²) >= 11 is 0. The van der Waals surface area contributed by atoms with Crippen LogP contribution in [0.1, 0.15) is 85.5 Å². The van der Waals surface area contributed by atoms with Crippen molar-refractivity contribution in [3.05, 3.63) is 23.3 Å². The average Bonchev–Trinajstić information content (AvgIpc) is 3.00. The van der Waals surface area contributed by atoms with Crippen molar-refractivity contribution in [2.75, 3.05) is 13.2 Å². The van der Waals surface area contributed by atoms with Crippen molar-refractivity contribution in [3.63, 3.8) is 0 Å². The molecule has 1 unspecified atom stereocenters. The predicted octanol–water partition coefficient (Wildman–Crippen LogP) is 5.76. The van der Waals surface area contributed by atoms with E-state index in [0.29, 0.717) is 25.0 Å². The van der Waals surface area contributed by atoms with Crippen LogP contribution in [0, 0.1) is 5.92 Å². The van der Waals surface area contributed by atoms with Gasteiger partial charge in [-0.25, -0.2) is 0 Å². The topological polar surface area (TPSA) is 44.8 Å². The third-order valence-corrected chi connectivity index (χ3v) is 5.81. The van der Waals surface area contributed by atoms with Crippen molar-refractivity contribution in [3.8, 4) is 0 Å². The monoisotopic (exact) mass is 392 g/mol. The fraction of sp³-hybridized carbons (Fsp3) is 0.792. The molecule has 4 heteroatoms. The maximum atomic E-state index is 10.4. The largest absolute Gasteiger partial charge is 0.378 e. The summed E-state index contributed by atoms with van der Waals surface area (Å²) in [6.07, 6.45) is 15.6. The molecule has 160 valence electrons. The molecule has 2 saturated heterocycles. The molecule has 0 N–H and O–H groups in total. The van der Waals surface area contributed by atoms with Gasteiger partial charge in [-0.1, -0.05) is 23.3 Å². The number of hydrogen-bond donors (Lipinski definition) is 0. The molecule has 28 heavy (non-hydrogen) atoms. The lowest BCUT2D eigenvalue weighted by atomic mass is 9.92. The van der Waals surface area contributed by atoms with E-state index >= 15 is 0 Å². The van der Waals surface area contributed by atoms with Gasteiger partial charge in [-0.15, -0.1) is 0 Å². The summed E-state index contributed by atoms with van der Waals surface area (Å²) in [6.45, 7) is 9.87. The molecule has 0 aromatic heterocycles. The molecule has 4 nitrogen and oxygen atoms in total. The minimum Gasteiger partial charge on any atom is -0.378 e. The van der Waals surface area contributed by atoms with Gasteiger partial charge in [0.25, 0.3) is 0 Å². The zero-order valence-electron chi connectivity index (χ0n) is 18.4. The molecule has 3 atom stereocenters. The smallest absolute Gasteiger partial charge is 0.163 e. The minimum absolute atomic E-state index is 0.179. The van der Waals surface area contributed by atoms with Gasteiger partial charge in [-0.3, -0.25) is 0 Å². The normalized spacial score (nSPS) is 28.5. The second-order valence-corrected chi connectivity index (χ2v) is 9.01. The summed E-state index contributed by atoms with van der Waals surface area (Å²) in [6, 6.07) is 0. The molecular weight excluding hydrogens is 352 g/mol. The molecular formula is C24H40O4. The highest BCUT2D eigenvalue weighted by Gasteiger charge is 2.35. The van der Waals surface area contributed by atoms with Crippen LogP contribution in [0.15, 0.2) is 23.3 Å². The number of rotatable bonds is 11. The number of hydrogen-bond acceptors (Lipinski definition) is 4. The van der Waals surface area contributed by atoms with Gasteiger partial charge >= 0.3 is 0 Å². The molecule has 0 aromatic rings. The Kier molecular flexibility index (Phi) is 9.90. The fourth-order valence-corrected chi connectivity index (χ4v) is 4.05. The van der Waals surface area contributed by atoms with Gasteiger partial charge in [0.2, 0.25) is 0 Å². The number of allylic oxidation sites excluding steroid dienone is 4. The van der Waals surface area contributed by atoms with Crippen LogP contribution in [0.25, 0.3) is 0 Å². The first-order valence-corrected chi connectivity index (χ1v) is 11.1. The standard InChI is InChI=1S/C24H40O4/c1-19(8-5-9-20(2)11-7-15-25)10-6-12-21-13-14-22(26-17-21)16-23-18-27-24(3,4)28-23/h9-10,15,21-23H,5-8,11-14,16-18H2,1-4H3/b19-10+,20-9+/t21-,22+,23?/m0/s1. The van der Waals surface area contributed by atoms with E-state index in [-0.39, 0.29) is 6.10 Å². The molecule has 0 bridgehead atoms. The predicted molar refractivity (Wildman–Crippen MR) is 113 cm³/mol. The van der Waals surface area contributed by atoms with Gasteiger partial charge in [0.1, 0.15) is 6.29 Å². The number of ether oxygens (including phenoxy) is 3. The van der Waals surface area contributed by atoms with Crippen molar-refractivity contribution < 1.29 is 19.0 Å². The van der Waals surface area contributed by atoms with E-state index < -0.39 is 5.79 Å². The van der Waals surface area contributed by atoms with Gasteiger partial charge in [0.15, 0.2) is 5.79 Å². The van der Waals surface area contributed by atoms with Crippen LogP contribution in [-0.4, -0.2) is 37.5 Å². The van der Waals surface area contributed by atoms with Crippen molar-refractivity contribution >= 4 is 6.29 Å². The number of carbonyl (C=O) groups is 1. The molecule has 0 radical (unpaired) electrons. The Morgan fingerprint density at radius 1 is 0.964 bits per heavy atom. The van der Waals surface area contributed by atoms with Crippen LogP contribution in [0.5, 0.6) is 0 Å².